The molecule has 34 heavy (non-hydrogen) atoms. The zero-order valence-electron chi connectivity index (χ0n) is 18.7. The largest absolute Gasteiger partial charge is 0.448 e. The van der Waals surface area contributed by atoms with Crippen LogP contribution in [0, 0.1) is 11.6 Å². The molecular weight excluding hydrogens is 432 g/mol. The summed E-state index contributed by atoms with van der Waals surface area (Å²) in [6.07, 6.45) is 4.55. The molecule has 1 fully saturated rings. The van der Waals surface area contributed by atoms with Crippen molar-refractivity contribution in [3.8, 4) is 11.1 Å². The van der Waals surface area contributed by atoms with Crippen molar-refractivity contribution in [2.24, 2.45) is 0 Å². The van der Waals surface area contributed by atoms with E-state index in [1.54, 1.807) is 0 Å². The van der Waals surface area contributed by atoms with E-state index in [0.29, 0.717) is 25.0 Å². The molecule has 2 heterocycles. The van der Waals surface area contributed by atoms with E-state index in [4.69, 9.17) is 4.74 Å². The average Bonchev–Trinajstić information content (AvgIpc) is 3.31. The Balaban J connectivity index is 1.17. The van der Waals surface area contributed by atoms with Gasteiger partial charge in [0.25, 0.3) is 0 Å². The van der Waals surface area contributed by atoms with E-state index in [1.807, 2.05) is 29.2 Å². The highest BCUT2D eigenvalue weighted by Crippen LogP contribution is 2.45. The lowest BCUT2D eigenvalue weighted by molar-refractivity contribution is 0.0849. The van der Waals surface area contributed by atoms with E-state index in [0.717, 1.165) is 24.5 Å². The summed E-state index contributed by atoms with van der Waals surface area (Å²) in [7, 11) is 0. The van der Waals surface area contributed by atoms with Gasteiger partial charge < -0.3 is 4.74 Å². The highest BCUT2D eigenvalue weighted by molar-refractivity contribution is 5.79. The molecule has 0 spiro atoms. The molecule has 1 saturated heterocycles. The van der Waals surface area contributed by atoms with E-state index in [2.05, 4.69) is 30.3 Å². The maximum atomic E-state index is 14.1. The van der Waals surface area contributed by atoms with Crippen molar-refractivity contribution in [3.63, 3.8) is 0 Å². The summed E-state index contributed by atoms with van der Waals surface area (Å²) in [5.41, 5.74) is 6.21. The van der Waals surface area contributed by atoms with Crippen LogP contribution in [0.3, 0.4) is 0 Å². The lowest BCUT2D eigenvalue weighted by Gasteiger charge is -2.33. The minimum absolute atomic E-state index is 0.0286. The third-order valence-electron chi connectivity index (χ3n) is 7.44. The molecule has 0 saturated carbocycles. The Morgan fingerprint density at radius 1 is 0.941 bits per heavy atom. The second-order valence-electron chi connectivity index (χ2n) is 9.45. The van der Waals surface area contributed by atoms with Gasteiger partial charge in [0.05, 0.1) is 6.04 Å². The molecule has 3 nitrogen and oxygen atoms in total. The third kappa shape index (κ3) is 3.60. The molecule has 3 aliphatic rings. The predicted molar refractivity (Wildman–Crippen MR) is 126 cm³/mol. The number of halogens is 2. The highest BCUT2D eigenvalue weighted by atomic mass is 19.1. The Morgan fingerprint density at radius 2 is 1.65 bits per heavy atom. The molecule has 2 bridgehead atoms. The summed E-state index contributed by atoms with van der Waals surface area (Å²) >= 11 is 0. The molecule has 6 rings (SSSR count). The average molecular weight is 458 g/mol. The molecule has 5 heteroatoms. The molecule has 2 unspecified atom stereocenters. The molecule has 172 valence electrons. The van der Waals surface area contributed by atoms with Gasteiger partial charge >= 0.3 is 6.09 Å². The minimum atomic E-state index is -0.434. The van der Waals surface area contributed by atoms with Gasteiger partial charge in [-0.15, -0.1) is 0 Å². The van der Waals surface area contributed by atoms with Crippen LogP contribution < -0.4 is 0 Å². The van der Waals surface area contributed by atoms with E-state index < -0.39 is 11.6 Å². The van der Waals surface area contributed by atoms with Crippen molar-refractivity contribution in [1.29, 1.82) is 0 Å². The van der Waals surface area contributed by atoms with Crippen LogP contribution in [0.2, 0.25) is 0 Å². The fourth-order valence-corrected chi connectivity index (χ4v) is 5.93. The lowest BCUT2D eigenvalue weighted by atomic mass is 9.95. The molecule has 0 N–H and O–H groups in total. The van der Waals surface area contributed by atoms with E-state index in [1.165, 1.54) is 34.4 Å². The number of fused-ring (bicyclic) bond motifs is 5. The predicted octanol–water partition coefficient (Wildman–Crippen LogP) is 6.62. The van der Waals surface area contributed by atoms with Gasteiger partial charge in [0.1, 0.15) is 18.2 Å². The number of hydrogen-bond acceptors (Lipinski definition) is 2. The molecule has 0 radical (unpaired) electrons. The summed E-state index contributed by atoms with van der Waals surface area (Å²) < 4.78 is 33.6. The fraction of sp³-hybridized carbons (Fsp3) is 0.276. The Morgan fingerprint density at radius 3 is 2.35 bits per heavy atom. The van der Waals surface area contributed by atoms with E-state index in [-0.39, 0.29) is 24.1 Å². The number of ether oxygens (including phenoxy) is 1. The van der Waals surface area contributed by atoms with Crippen LogP contribution in [0.5, 0.6) is 0 Å². The molecular formula is C29H25F2NO2. The maximum Gasteiger partial charge on any atom is 0.410 e. The number of rotatable bonds is 4. The molecule has 2 aliphatic heterocycles. The first-order valence-electron chi connectivity index (χ1n) is 11.9. The number of hydrogen-bond donors (Lipinski definition) is 0. The Labute approximate surface area is 197 Å². The summed E-state index contributed by atoms with van der Waals surface area (Å²) in [5.74, 6) is -0.800. The van der Waals surface area contributed by atoms with Crippen LogP contribution in [0.1, 0.15) is 41.9 Å². The first-order chi connectivity index (χ1) is 16.6. The van der Waals surface area contributed by atoms with Crippen LogP contribution in [0.15, 0.2) is 78.4 Å². The SMILES string of the molecule is O=C(OCC1c2ccccc2-c2ccccc21)N1C2C=C(Cc3cc(F)ccc3F)CC1CC2. The standard InChI is InChI=1S/C29H25F2NO2/c30-20-9-12-28(31)19(16-20)13-18-14-21-10-11-22(15-18)32(21)29(33)34-17-27-25-7-3-1-5-23(25)24-6-2-4-8-26(24)27/h1-9,12,14,16,21-22,27H,10-11,13,15,17H2. The normalized spacial score (nSPS) is 20.6. The van der Waals surface area contributed by atoms with Gasteiger partial charge in [-0.1, -0.05) is 60.2 Å². The van der Waals surface area contributed by atoms with E-state index >= 15 is 0 Å². The summed E-state index contributed by atoms with van der Waals surface area (Å²) in [6, 6.07) is 20.1. The van der Waals surface area contributed by atoms with Crippen LogP contribution in [0.25, 0.3) is 11.1 Å². The first kappa shape index (κ1) is 21.1. The molecule has 1 amide bonds. The number of nitrogens with zero attached hydrogens (tertiary/aromatic N) is 1. The van der Waals surface area contributed by atoms with Crippen LogP contribution in [-0.4, -0.2) is 29.7 Å². The second kappa shape index (κ2) is 8.39. The molecule has 2 atom stereocenters. The molecule has 1 aliphatic carbocycles. The van der Waals surface area contributed by atoms with E-state index in [9.17, 15) is 13.6 Å². The number of carbonyl (C=O) groups excluding carboxylic acids is 1. The highest BCUT2D eigenvalue weighted by Gasteiger charge is 2.41. The van der Waals surface area contributed by atoms with Gasteiger partial charge in [-0.3, -0.25) is 4.90 Å². The Hall–Kier alpha value is -3.47. The zero-order valence-corrected chi connectivity index (χ0v) is 18.7. The quantitative estimate of drug-likeness (QED) is 0.412. The lowest BCUT2D eigenvalue weighted by Crippen LogP contribution is -2.44. The second-order valence-corrected chi connectivity index (χ2v) is 9.45. The topological polar surface area (TPSA) is 29.5 Å². The summed E-state index contributed by atoms with van der Waals surface area (Å²) in [5, 5.41) is 0. The van der Waals surface area contributed by atoms with Crippen LogP contribution >= 0.6 is 0 Å². The van der Waals surface area contributed by atoms with Crippen molar-refractivity contribution >= 4 is 6.09 Å². The summed E-state index contributed by atoms with van der Waals surface area (Å²) in [4.78, 5) is 15.0. The van der Waals surface area contributed by atoms with Gasteiger partial charge in [0, 0.05) is 12.0 Å². The van der Waals surface area contributed by atoms with Crippen molar-refractivity contribution in [2.45, 2.75) is 43.7 Å². The monoisotopic (exact) mass is 457 g/mol. The van der Waals surface area contributed by atoms with Crippen LogP contribution in [-0.2, 0) is 11.2 Å². The molecule has 3 aromatic rings. The van der Waals surface area contributed by atoms with Gasteiger partial charge in [-0.2, -0.15) is 0 Å². The van der Waals surface area contributed by atoms with Crippen molar-refractivity contribution < 1.29 is 18.3 Å². The number of carbonyl (C=O) groups is 1. The first-order valence-corrected chi connectivity index (χ1v) is 11.9. The Bertz CT molecular complexity index is 1260. The Kier molecular flexibility index (Phi) is 5.20. The van der Waals surface area contributed by atoms with Crippen LogP contribution in [0.4, 0.5) is 13.6 Å². The van der Waals surface area contributed by atoms with Crippen molar-refractivity contribution in [3.05, 3.63) is 107 Å². The van der Waals surface area contributed by atoms with Crippen molar-refractivity contribution in [1.82, 2.24) is 4.90 Å². The van der Waals surface area contributed by atoms with Crippen molar-refractivity contribution in [2.75, 3.05) is 6.61 Å². The van der Waals surface area contributed by atoms with Gasteiger partial charge in [-0.25, -0.2) is 13.6 Å². The third-order valence-corrected chi connectivity index (χ3v) is 7.44. The number of amides is 1. The molecule has 0 aromatic heterocycles. The fourth-order valence-electron chi connectivity index (χ4n) is 5.93. The van der Waals surface area contributed by atoms with Gasteiger partial charge in [0.2, 0.25) is 0 Å². The zero-order chi connectivity index (χ0) is 23.2. The number of benzene rings is 3. The van der Waals surface area contributed by atoms with Gasteiger partial charge in [-0.05, 0) is 71.7 Å². The van der Waals surface area contributed by atoms with Gasteiger partial charge in [0.15, 0.2) is 0 Å². The minimum Gasteiger partial charge on any atom is -0.448 e. The smallest absolute Gasteiger partial charge is 0.410 e. The maximum absolute atomic E-state index is 14.1. The molecule has 3 aromatic carbocycles. The summed E-state index contributed by atoms with van der Waals surface area (Å²) in [6.45, 7) is 0.299.